The lowest BCUT2D eigenvalue weighted by atomic mass is 10.1. The molecular weight excluding hydrogens is 314 g/mol. The summed E-state index contributed by atoms with van der Waals surface area (Å²) in [5, 5.41) is 2.88. The highest BCUT2D eigenvalue weighted by atomic mass is 32.2. The molecule has 0 saturated carbocycles. The van der Waals surface area contributed by atoms with E-state index in [1.807, 2.05) is 20.8 Å². The van der Waals surface area contributed by atoms with Crippen LogP contribution >= 0.6 is 0 Å². The number of rotatable bonds is 9. The predicted octanol–water partition coefficient (Wildman–Crippen LogP) is 1.63. The van der Waals surface area contributed by atoms with Crippen LogP contribution in [-0.4, -0.2) is 38.3 Å². The minimum absolute atomic E-state index is 0.0530. The van der Waals surface area contributed by atoms with Crippen molar-refractivity contribution in [2.45, 2.75) is 44.6 Å². The third kappa shape index (κ3) is 5.30. The lowest BCUT2D eigenvalue weighted by Crippen LogP contribution is -2.30. The maximum atomic E-state index is 12.4. The van der Waals surface area contributed by atoms with E-state index in [1.165, 1.54) is 4.31 Å². The van der Waals surface area contributed by atoms with Gasteiger partial charge in [-0.3, -0.25) is 4.79 Å². The maximum Gasteiger partial charge on any atom is 0.243 e. The zero-order valence-electron chi connectivity index (χ0n) is 14.1. The maximum absolute atomic E-state index is 12.4. The number of nitrogens with zero attached hydrogens (tertiary/aromatic N) is 1. The Bertz CT molecular complexity index is 596. The smallest absolute Gasteiger partial charge is 0.243 e. The third-order valence-electron chi connectivity index (χ3n) is 3.71. The molecular formula is C16H27N3O3S. The van der Waals surface area contributed by atoms with Crippen LogP contribution in [0, 0.1) is 0 Å². The Morgan fingerprint density at radius 3 is 2.26 bits per heavy atom. The molecule has 1 atom stereocenters. The van der Waals surface area contributed by atoms with Crippen molar-refractivity contribution in [1.29, 1.82) is 0 Å². The van der Waals surface area contributed by atoms with Gasteiger partial charge >= 0.3 is 0 Å². The van der Waals surface area contributed by atoms with Crippen molar-refractivity contribution in [3.8, 4) is 0 Å². The first-order valence-electron chi connectivity index (χ1n) is 7.96. The van der Waals surface area contributed by atoms with Gasteiger partial charge in [-0.1, -0.05) is 26.0 Å². The van der Waals surface area contributed by atoms with E-state index in [-0.39, 0.29) is 16.8 Å². The molecule has 1 rings (SSSR count). The SMILES string of the molecule is CCN(CC)S(=O)(=O)c1ccc(C(C)NC(=O)CCCN)cc1. The van der Waals surface area contributed by atoms with E-state index < -0.39 is 10.0 Å². The molecule has 130 valence electrons. The molecule has 0 aliphatic carbocycles. The summed E-state index contributed by atoms with van der Waals surface area (Å²) in [4.78, 5) is 12.0. The number of carbonyl (C=O) groups is 1. The van der Waals surface area contributed by atoms with Gasteiger partial charge in [0.25, 0.3) is 0 Å². The van der Waals surface area contributed by atoms with Crippen LogP contribution in [-0.2, 0) is 14.8 Å². The fraction of sp³-hybridized carbons (Fsp3) is 0.562. The summed E-state index contributed by atoms with van der Waals surface area (Å²) in [6.07, 6.45) is 1.05. The molecule has 0 aliphatic rings. The van der Waals surface area contributed by atoms with E-state index in [9.17, 15) is 13.2 Å². The first-order chi connectivity index (χ1) is 10.9. The van der Waals surface area contributed by atoms with E-state index in [0.29, 0.717) is 32.5 Å². The molecule has 0 aromatic heterocycles. The van der Waals surface area contributed by atoms with Gasteiger partial charge in [-0.05, 0) is 37.6 Å². The highest BCUT2D eigenvalue weighted by Gasteiger charge is 2.21. The Morgan fingerprint density at radius 2 is 1.78 bits per heavy atom. The van der Waals surface area contributed by atoms with Gasteiger partial charge in [0, 0.05) is 19.5 Å². The molecule has 23 heavy (non-hydrogen) atoms. The zero-order chi connectivity index (χ0) is 17.5. The minimum atomic E-state index is -3.45. The average Bonchev–Trinajstić information content (AvgIpc) is 2.53. The Balaban J connectivity index is 2.82. The number of hydrogen-bond acceptors (Lipinski definition) is 4. The molecule has 1 aromatic rings. The van der Waals surface area contributed by atoms with Gasteiger partial charge in [-0.2, -0.15) is 4.31 Å². The second-order valence-electron chi connectivity index (χ2n) is 5.34. The van der Waals surface area contributed by atoms with Crippen molar-refractivity contribution in [2.75, 3.05) is 19.6 Å². The second kappa shape index (κ2) is 9.00. The number of nitrogens with two attached hydrogens (primary N) is 1. The standard InChI is InChI=1S/C16H27N3O3S/c1-4-19(5-2)23(21,22)15-10-8-14(9-11-15)13(3)18-16(20)7-6-12-17/h8-11,13H,4-7,12,17H2,1-3H3,(H,18,20). The lowest BCUT2D eigenvalue weighted by molar-refractivity contribution is -0.121. The first-order valence-corrected chi connectivity index (χ1v) is 9.40. The van der Waals surface area contributed by atoms with Crippen LogP contribution in [0.3, 0.4) is 0 Å². The Labute approximate surface area is 139 Å². The molecule has 0 spiro atoms. The van der Waals surface area contributed by atoms with Crippen LogP contribution in [0.2, 0.25) is 0 Å². The molecule has 7 heteroatoms. The van der Waals surface area contributed by atoms with E-state index in [0.717, 1.165) is 5.56 Å². The largest absolute Gasteiger partial charge is 0.350 e. The van der Waals surface area contributed by atoms with Crippen molar-refractivity contribution in [3.05, 3.63) is 29.8 Å². The quantitative estimate of drug-likeness (QED) is 0.714. The van der Waals surface area contributed by atoms with Crippen LogP contribution in [0.15, 0.2) is 29.2 Å². The lowest BCUT2D eigenvalue weighted by Gasteiger charge is -2.19. The Morgan fingerprint density at radius 1 is 1.22 bits per heavy atom. The fourth-order valence-corrected chi connectivity index (χ4v) is 3.76. The normalized spacial score (nSPS) is 13.1. The van der Waals surface area contributed by atoms with Crippen LogP contribution in [0.1, 0.15) is 45.2 Å². The van der Waals surface area contributed by atoms with Gasteiger partial charge in [0.1, 0.15) is 0 Å². The van der Waals surface area contributed by atoms with Gasteiger partial charge in [0.2, 0.25) is 15.9 Å². The summed E-state index contributed by atoms with van der Waals surface area (Å²) in [5.41, 5.74) is 6.25. The van der Waals surface area contributed by atoms with Gasteiger partial charge in [0.05, 0.1) is 10.9 Å². The number of sulfonamides is 1. The van der Waals surface area contributed by atoms with Crippen LogP contribution in [0.4, 0.5) is 0 Å². The molecule has 0 radical (unpaired) electrons. The number of carbonyl (C=O) groups excluding carboxylic acids is 1. The Kier molecular flexibility index (Phi) is 7.67. The molecule has 1 aromatic carbocycles. The predicted molar refractivity (Wildman–Crippen MR) is 91.4 cm³/mol. The summed E-state index contributed by atoms with van der Waals surface area (Å²) >= 11 is 0. The summed E-state index contributed by atoms with van der Waals surface area (Å²) in [6, 6.07) is 6.48. The molecule has 6 nitrogen and oxygen atoms in total. The zero-order valence-corrected chi connectivity index (χ0v) is 14.9. The molecule has 0 fully saturated rings. The molecule has 0 heterocycles. The molecule has 1 unspecified atom stereocenters. The summed E-state index contributed by atoms with van der Waals surface area (Å²) in [5.74, 6) is -0.0530. The number of hydrogen-bond donors (Lipinski definition) is 2. The summed E-state index contributed by atoms with van der Waals surface area (Å²) in [6.45, 7) is 6.86. The first kappa shape index (κ1) is 19.6. The Hall–Kier alpha value is -1.44. The average molecular weight is 341 g/mol. The van der Waals surface area contributed by atoms with Gasteiger partial charge in [-0.25, -0.2) is 8.42 Å². The molecule has 0 bridgehead atoms. The fourth-order valence-electron chi connectivity index (χ4n) is 2.30. The number of amides is 1. The van der Waals surface area contributed by atoms with Crippen molar-refractivity contribution in [2.24, 2.45) is 5.73 Å². The molecule has 0 aliphatic heterocycles. The van der Waals surface area contributed by atoms with Crippen LogP contribution < -0.4 is 11.1 Å². The van der Waals surface area contributed by atoms with E-state index in [4.69, 9.17) is 5.73 Å². The van der Waals surface area contributed by atoms with Crippen molar-refractivity contribution in [3.63, 3.8) is 0 Å². The minimum Gasteiger partial charge on any atom is -0.350 e. The van der Waals surface area contributed by atoms with Crippen molar-refractivity contribution < 1.29 is 13.2 Å². The van der Waals surface area contributed by atoms with E-state index in [2.05, 4.69) is 5.32 Å². The van der Waals surface area contributed by atoms with E-state index in [1.54, 1.807) is 24.3 Å². The summed E-state index contributed by atoms with van der Waals surface area (Å²) < 4.78 is 26.2. The van der Waals surface area contributed by atoms with E-state index >= 15 is 0 Å². The highest BCUT2D eigenvalue weighted by Crippen LogP contribution is 2.19. The van der Waals surface area contributed by atoms with Gasteiger partial charge < -0.3 is 11.1 Å². The molecule has 1 amide bonds. The van der Waals surface area contributed by atoms with Crippen molar-refractivity contribution in [1.82, 2.24) is 9.62 Å². The number of benzene rings is 1. The molecule has 0 saturated heterocycles. The monoisotopic (exact) mass is 341 g/mol. The third-order valence-corrected chi connectivity index (χ3v) is 5.77. The van der Waals surface area contributed by atoms with Gasteiger partial charge in [0.15, 0.2) is 0 Å². The van der Waals surface area contributed by atoms with Crippen LogP contribution in [0.5, 0.6) is 0 Å². The summed E-state index contributed by atoms with van der Waals surface area (Å²) in [7, 11) is -3.45. The number of nitrogens with one attached hydrogen (secondary N) is 1. The van der Waals surface area contributed by atoms with Gasteiger partial charge in [-0.15, -0.1) is 0 Å². The highest BCUT2D eigenvalue weighted by molar-refractivity contribution is 7.89. The molecule has 3 N–H and O–H groups in total. The van der Waals surface area contributed by atoms with Crippen molar-refractivity contribution >= 4 is 15.9 Å². The topological polar surface area (TPSA) is 92.5 Å². The second-order valence-corrected chi connectivity index (χ2v) is 7.28. The van der Waals surface area contributed by atoms with Crippen LogP contribution in [0.25, 0.3) is 0 Å².